The number of alkyl halides is 1. The number of halogens is 1. The van der Waals surface area contributed by atoms with Crippen LogP contribution in [0.4, 0.5) is 4.39 Å². The van der Waals surface area contributed by atoms with Crippen LogP contribution in [0.15, 0.2) is 0 Å². The molecule has 0 amide bonds. The van der Waals surface area contributed by atoms with Gasteiger partial charge in [0.2, 0.25) is 0 Å². The largest absolute Gasteiger partial charge is 0.328 e. The first-order valence-corrected chi connectivity index (χ1v) is 3.31. The fraction of sp³-hybridized carbons (Fsp3) is 1.00. The lowest BCUT2D eigenvalue weighted by Crippen LogP contribution is -2.31. The molecule has 1 aliphatic rings. The second-order valence-electron chi connectivity index (χ2n) is 2.86. The Labute approximate surface area is 54.4 Å². The Kier molecular flexibility index (Phi) is 1.73. The molecule has 0 radical (unpaired) electrons. The molecule has 0 saturated heterocycles. The summed E-state index contributed by atoms with van der Waals surface area (Å²) >= 11 is 0. The molecule has 3 heteroatoms. The van der Waals surface area contributed by atoms with Crippen LogP contribution in [0, 0.1) is 0 Å². The van der Waals surface area contributed by atoms with Crippen LogP contribution in [0.3, 0.4) is 0 Å². The quantitative estimate of drug-likeness (QED) is 0.534. The third-order valence-corrected chi connectivity index (χ3v) is 1.96. The van der Waals surface area contributed by atoms with E-state index in [1.54, 1.807) is 0 Å². The van der Waals surface area contributed by atoms with Gasteiger partial charge in [-0.25, -0.2) is 4.39 Å². The van der Waals surface area contributed by atoms with Gasteiger partial charge in [-0.1, -0.05) is 0 Å². The van der Waals surface area contributed by atoms with E-state index >= 15 is 0 Å². The van der Waals surface area contributed by atoms with E-state index in [4.69, 9.17) is 11.5 Å². The van der Waals surface area contributed by atoms with Gasteiger partial charge in [-0.05, 0) is 19.3 Å². The molecule has 0 aromatic carbocycles. The van der Waals surface area contributed by atoms with Crippen molar-refractivity contribution in [3.8, 4) is 0 Å². The highest BCUT2D eigenvalue weighted by atomic mass is 19.1. The summed E-state index contributed by atoms with van der Waals surface area (Å²) in [5.41, 5.74) is 9.55. The molecular weight excluding hydrogens is 119 g/mol. The van der Waals surface area contributed by atoms with E-state index in [2.05, 4.69) is 0 Å². The third kappa shape index (κ3) is 1.40. The van der Waals surface area contributed by atoms with Crippen LogP contribution in [-0.4, -0.2) is 18.3 Å². The summed E-state index contributed by atoms with van der Waals surface area (Å²) in [6, 6.07) is 0.0403. The van der Waals surface area contributed by atoms with E-state index in [0.717, 1.165) is 6.42 Å². The maximum Gasteiger partial charge on any atom is 0.124 e. The Bertz CT molecular complexity index is 107. The summed E-state index contributed by atoms with van der Waals surface area (Å²) in [6.07, 6.45) is 1.78. The second-order valence-corrected chi connectivity index (χ2v) is 2.86. The minimum Gasteiger partial charge on any atom is -0.328 e. The predicted octanol–water partition coefficient (Wildman–Crippen LogP) is 0.165. The lowest BCUT2D eigenvalue weighted by molar-refractivity contribution is 0.181. The Balaban J connectivity index is 2.45. The van der Waals surface area contributed by atoms with Gasteiger partial charge in [0.15, 0.2) is 0 Å². The minimum absolute atomic E-state index is 0.0403. The summed E-state index contributed by atoms with van der Waals surface area (Å²) < 4.78 is 13.1. The average Bonchev–Trinajstić information content (AvgIpc) is 2.13. The zero-order chi connectivity index (χ0) is 6.91. The van der Waals surface area contributed by atoms with Gasteiger partial charge in [0, 0.05) is 12.6 Å². The van der Waals surface area contributed by atoms with Crippen molar-refractivity contribution in [3.05, 3.63) is 0 Å². The van der Waals surface area contributed by atoms with Crippen molar-refractivity contribution in [2.45, 2.75) is 31.0 Å². The minimum atomic E-state index is -1.14. The van der Waals surface area contributed by atoms with E-state index in [1.807, 2.05) is 0 Å². The van der Waals surface area contributed by atoms with Crippen molar-refractivity contribution < 1.29 is 4.39 Å². The van der Waals surface area contributed by atoms with Gasteiger partial charge in [-0.15, -0.1) is 0 Å². The molecule has 1 fully saturated rings. The molecule has 2 nitrogen and oxygen atoms in total. The van der Waals surface area contributed by atoms with Gasteiger partial charge in [-0.3, -0.25) is 0 Å². The monoisotopic (exact) mass is 132 g/mol. The molecule has 9 heavy (non-hydrogen) atoms. The Morgan fingerprint density at radius 2 is 2.33 bits per heavy atom. The van der Waals surface area contributed by atoms with Crippen molar-refractivity contribution >= 4 is 0 Å². The zero-order valence-electron chi connectivity index (χ0n) is 5.44. The van der Waals surface area contributed by atoms with Gasteiger partial charge in [-0.2, -0.15) is 0 Å². The maximum atomic E-state index is 13.1. The van der Waals surface area contributed by atoms with E-state index in [-0.39, 0.29) is 12.6 Å². The summed E-state index contributed by atoms with van der Waals surface area (Å²) in [5.74, 6) is 0. The van der Waals surface area contributed by atoms with Crippen LogP contribution in [0.1, 0.15) is 19.3 Å². The van der Waals surface area contributed by atoms with E-state index in [9.17, 15) is 4.39 Å². The van der Waals surface area contributed by atoms with Gasteiger partial charge in [0.1, 0.15) is 5.67 Å². The predicted molar refractivity (Wildman–Crippen MR) is 34.7 cm³/mol. The summed E-state index contributed by atoms with van der Waals surface area (Å²) in [6.45, 7) is 0.126. The van der Waals surface area contributed by atoms with Gasteiger partial charge < -0.3 is 11.5 Å². The van der Waals surface area contributed by atoms with Crippen molar-refractivity contribution in [1.29, 1.82) is 0 Å². The van der Waals surface area contributed by atoms with Gasteiger partial charge in [0.25, 0.3) is 0 Å². The fourth-order valence-corrected chi connectivity index (χ4v) is 1.30. The molecule has 1 rings (SSSR count). The molecular formula is C6H13FN2. The van der Waals surface area contributed by atoms with Crippen LogP contribution in [0.25, 0.3) is 0 Å². The van der Waals surface area contributed by atoms with Crippen LogP contribution >= 0.6 is 0 Å². The molecule has 0 spiro atoms. The van der Waals surface area contributed by atoms with Crippen molar-refractivity contribution in [2.75, 3.05) is 6.54 Å². The number of hydrogen-bond donors (Lipinski definition) is 2. The van der Waals surface area contributed by atoms with Crippen LogP contribution < -0.4 is 11.5 Å². The standard InChI is InChI=1S/C6H13FN2/c7-6(4-8)2-1-5(9)3-6/h5H,1-4,8-9H2/t5-,6-/m1/s1. The van der Waals surface area contributed by atoms with Crippen molar-refractivity contribution in [1.82, 2.24) is 0 Å². The molecule has 0 aromatic rings. The first kappa shape index (κ1) is 6.96. The molecule has 0 unspecified atom stereocenters. The molecule has 0 heterocycles. The Hall–Kier alpha value is -0.150. The lowest BCUT2D eigenvalue weighted by Gasteiger charge is -2.15. The molecule has 1 saturated carbocycles. The van der Waals surface area contributed by atoms with E-state index < -0.39 is 5.67 Å². The normalized spacial score (nSPS) is 43.7. The Morgan fingerprint density at radius 1 is 1.67 bits per heavy atom. The molecule has 2 atom stereocenters. The summed E-state index contributed by atoms with van der Waals surface area (Å²) in [7, 11) is 0. The topological polar surface area (TPSA) is 52.0 Å². The van der Waals surface area contributed by atoms with Crippen LogP contribution in [-0.2, 0) is 0 Å². The Morgan fingerprint density at radius 3 is 2.56 bits per heavy atom. The van der Waals surface area contributed by atoms with Crippen molar-refractivity contribution in [3.63, 3.8) is 0 Å². The van der Waals surface area contributed by atoms with E-state index in [1.165, 1.54) is 0 Å². The van der Waals surface area contributed by atoms with Crippen molar-refractivity contribution in [2.24, 2.45) is 11.5 Å². The number of nitrogens with two attached hydrogens (primary N) is 2. The van der Waals surface area contributed by atoms with Crippen LogP contribution in [0.5, 0.6) is 0 Å². The smallest absolute Gasteiger partial charge is 0.124 e. The zero-order valence-corrected chi connectivity index (χ0v) is 5.44. The molecule has 0 bridgehead atoms. The number of rotatable bonds is 1. The first-order valence-electron chi connectivity index (χ1n) is 3.31. The number of hydrogen-bond acceptors (Lipinski definition) is 2. The highest BCUT2D eigenvalue weighted by Gasteiger charge is 2.36. The first-order chi connectivity index (χ1) is 4.16. The van der Waals surface area contributed by atoms with E-state index in [0.29, 0.717) is 12.8 Å². The highest BCUT2D eigenvalue weighted by molar-refractivity contribution is 4.92. The SMILES string of the molecule is NC[C@@]1(F)CC[C@@H](N)C1. The summed E-state index contributed by atoms with van der Waals surface area (Å²) in [4.78, 5) is 0. The van der Waals surface area contributed by atoms with Gasteiger partial charge in [0.05, 0.1) is 0 Å². The van der Waals surface area contributed by atoms with Gasteiger partial charge >= 0.3 is 0 Å². The summed E-state index contributed by atoms with van der Waals surface area (Å²) in [5, 5.41) is 0. The average molecular weight is 132 g/mol. The third-order valence-electron chi connectivity index (χ3n) is 1.96. The van der Waals surface area contributed by atoms with Crippen LogP contribution in [0.2, 0.25) is 0 Å². The lowest BCUT2D eigenvalue weighted by atomic mass is 10.1. The molecule has 0 aromatic heterocycles. The maximum absolute atomic E-state index is 13.1. The fourth-order valence-electron chi connectivity index (χ4n) is 1.30. The molecule has 1 aliphatic carbocycles. The molecule has 4 N–H and O–H groups in total. The highest BCUT2D eigenvalue weighted by Crippen LogP contribution is 2.31. The molecule has 54 valence electrons. The molecule has 0 aliphatic heterocycles. The second kappa shape index (κ2) is 2.23.